The summed E-state index contributed by atoms with van der Waals surface area (Å²) in [5, 5.41) is 2.83. The van der Waals surface area contributed by atoms with Crippen molar-refractivity contribution in [3.8, 4) is 16.3 Å². The number of nitrogens with zero attached hydrogens (tertiary/aromatic N) is 3. The molecule has 0 radical (unpaired) electrons. The second-order valence-electron chi connectivity index (χ2n) is 5.97. The molecule has 0 bridgehead atoms. The van der Waals surface area contributed by atoms with Crippen LogP contribution < -0.4 is 4.74 Å². The van der Waals surface area contributed by atoms with Crippen LogP contribution in [-0.4, -0.2) is 59.9 Å². The molecule has 1 aliphatic rings. The summed E-state index contributed by atoms with van der Waals surface area (Å²) in [5.74, 6) is 0.814. The van der Waals surface area contributed by atoms with Crippen molar-refractivity contribution >= 4 is 29.2 Å². The van der Waals surface area contributed by atoms with Crippen molar-refractivity contribution in [1.29, 1.82) is 0 Å². The molecule has 1 aromatic carbocycles. The van der Waals surface area contributed by atoms with Crippen LogP contribution in [0.3, 0.4) is 0 Å². The van der Waals surface area contributed by atoms with Gasteiger partial charge in [0.05, 0.1) is 12.8 Å². The normalized spacial score (nSPS) is 14.7. The van der Waals surface area contributed by atoms with Gasteiger partial charge in [-0.3, -0.25) is 9.59 Å². The van der Waals surface area contributed by atoms with E-state index >= 15 is 0 Å². The van der Waals surface area contributed by atoms with Crippen LogP contribution in [0.5, 0.6) is 5.75 Å². The van der Waals surface area contributed by atoms with E-state index in [9.17, 15) is 9.59 Å². The SMILES string of the molecule is COc1ccc(-c2nc(/C=C/C(=O)N3CCN(C(C)=O)CC3)cs2)cc1. The minimum atomic E-state index is -0.0489. The first-order chi connectivity index (χ1) is 12.6. The molecule has 1 aliphatic heterocycles. The Morgan fingerprint density at radius 1 is 1.12 bits per heavy atom. The number of hydrogen-bond donors (Lipinski definition) is 0. The zero-order chi connectivity index (χ0) is 18.5. The second kappa shape index (κ2) is 8.14. The number of aromatic nitrogens is 1. The molecule has 0 unspecified atom stereocenters. The predicted molar refractivity (Wildman–Crippen MR) is 102 cm³/mol. The van der Waals surface area contributed by atoms with E-state index in [1.54, 1.807) is 36.0 Å². The molecule has 0 aliphatic carbocycles. The summed E-state index contributed by atoms with van der Waals surface area (Å²) < 4.78 is 5.16. The van der Waals surface area contributed by atoms with Gasteiger partial charge >= 0.3 is 0 Å². The van der Waals surface area contributed by atoms with Crippen LogP contribution in [0.15, 0.2) is 35.7 Å². The van der Waals surface area contributed by atoms with E-state index in [1.165, 1.54) is 11.3 Å². The molecule has 1 aromatic heterocycles. The lowest BCUT2D eigenvalue weighted by Crippen LogP contribution is -2.49. The number of thiazole rings is 1. The van der Waals surface area contributed by atoms with E-state index in [1.807, 2.05) is 29.6 Å². The van der Waals surface area contributed by atoms with Crippen LogP contribution >= 0.6 is 11.3 Å². The molecule has 1 fully saturated rings. The summed E-state index contributed by atoms with van der Waals surface area (Å²) in [4.78, 5) is 31.7. The van der Waals surface area contributed by atoms with Crippen molar-refractivity contribution < 1.29 is 14.3 Å². The lowest BCUT2D eigenvalue weighted by Gasteiger charge is -2.33. The molecule has 2 aromatic rings. The van der Waals surface area contributed by atoms with Crippen LogP contribution in [0.4, 0.5) is 0 Å². The molecule has 0 atom stereocenters. The highest BCUT2D eigenvalue weighted by atomic mass is 32.1. The Balaban J connectivity index is 1.59. The Labute approximate surface area is 156 Å². The molecule has 0 saturated carbocycles. The molecule has 136 valence electrons. The zero-order valence-electron chi connectivity index (χ0n) is 14.8. The first kappa shape index (κ1) is 18.1. The van der Waals surface area contributed by atoms with E-state index in [0.717, 1.165) is 22.0 Å². The quantitative estimate of drug-likeness (QED) is 0.775. The Bertz CT molecular complexity index is 806. The van der Waals surface area contributed by atoms with Crippen LogP contribution in [0, 0.1) is 0 Å². The van der Waals surface area contributed by atoms with Crippen molar-refractivity contribution in [3.05, 3.63) is 41.4 Å². The Hall–Kier alpha value is -2.67. The number of carbonyl (C=O) groups excluding carboxylic acids is 2. The maximum absolute atomic E-state index is 12.3. The van der Waals surface area contributed by atoms with Crippen molar-refractivity contribution in [2.75, 3.05) is 33.3 Å². The van der Waals surface area contributed by atoms with Gasteiger partial charge < -0.3 is 14.5 Å². The fourth-order valence-electron chi connectivity index (χ4n) is 2.73. The average molecular weight is 371 g/mol. The molecule has 3 rings (SSSR count). The third-order valence-electron chi connectivity index (χ3n) is 4.29. The summed E-state index contributed by atoms with van der Waals surface area (Å²) >= 11 is 1.53. The van der Waals surface area contributed by atoms with Gasteiger partial charge in [-0.05, 0) is 30.3 Å². The Morgan fingerprint density at radius 2 is 1.77 bits per heavy atom. The molecule has 2 heterocycles. The summed E-state index contributed by atoms with van der Waals surface area (Å²) in [6, 6.07) is 7.72. The standard InChI is InChI=1S/C19H21N3O3S/c1-14(23)21-9-11-22(12-10-21)18(24)8-5-16-13-26-19(20-16)15-3-6-17(25-2)7-4-15/h3-8,13H,9-12H2,1-2H3/b8-5+. The van der Waals surface area contributed by atoms with Gasteiger partial charge in [0.15, 0.2) is 0 Å². The minimum absolute atomic E-state index is 0.0489. The number of ether oxygens (including phenoxy) is 1. The average Bonchev–Trinajstić information content (AvgIpc) is 3.15. The van der Waals surface area contributed by atoms with Gasteiger partial charge in [-0.1, -0.05) is 0 Å². The molecule has 2 amide bonds. The van der Waals surface area contributed by atoms with Gasteiger partial charge in [-0.25, -0.2) is 4.98 Å². The van der Waals surface area contributed by atoms with Gasteiger partial charge in [0.2, 0.25) is 11.8 Å². The van der Waals surface area contributed by atoms with Crippen molar-refractivity contribution in [3.63, 3.8) is 0 Å². The Kier molecular flexibility index (Phi) is 5.68. The predicted octanol–water partition coefficient (Wildman–Crippen LogP) is 2.52. The largest absolute Gasteiger partial charge is 0.497 e. The molecule has 7 heteroatoms. The van der Waals surface area contributed by atoms with E-state index < -0.39 is 0 Å². The van der Waals surface area contributed by atoms with Gasteiger partial charge in [-0.2, -0.15) is 0 Å². The highest BCUT2D eigenvalue weighted by Crippen LogP contribution is 2.26. The fourth-order valence-corrected chi connectivity index (χ4v) is 3.53. The van der Waals surface area contributed by atoms with Crippen molar-refractivity contribution in [2.24, 2.45) is 0 Å². The highest BCUT2D eigenvalue weighted by Gasteiger charge is 2.20. The first-order valence-corrected chi connectivity index (χ1v) is 9.27. The third kappa shape index (κ3) is 4.29. The molecule has 0 spiro atoms. The molecule has 1 saturated heterocycles. The monoisotopic (exact) mass is 371 g/mol. The molecular formula is C19H21N3O3S. The topological polar surface area (TPSA) is 62.7 Å². The van der Waals surface area contributed by atoms with Crippen LogP contribution in [0.2, 0.25) is 0 Å². The van der Waals surface area contributed by atoms with E-state index in [4.69, 9.17) is 4.74 Å². The van der Waals surface area contributed by atoms with Crippen molar-refractivity contribution in [2.45, 2.75) is 6.92 Å². The number of hydrogen-bond acceptors (Lipinski definition) is 5. The number of methoxy groups -OCH3 is 1. The maximum Gasteiger partial charge on any atom is 0.246 e. The third-order valence-corrected chi connectivity index (χ3v) is 5.20. The molecular weight excluding hydrogens is 350 g/mol. The first-order valence-electron chi connectivity index (χ1n) is 8.39. The summed E-state index contributed by atoms with van der Waals surface area (Å²) in [6.07, 6.45) is 3.29. The maximum atomic E-state index is 12.3. The summed E-state index contributed by atoms with van der Waals surface area (Å²) in [7, 11) is 1.64. The number of amides is 2. The number of carbonyl (C=O) groups is 2. The lowest BCUT2D eigenvalue weighted by atomic mass is 10.2. The zero-order valence-corrected chi connectivity index (χ0v) is 15.7. The van der Waals surface area contributed by atoms with Gasteiger partial charge in [0.25, 0.3) is 0 Å². The smallest absolute Gasteiger partial charge is 0.246 e. The number of benzene rings is 1. The number of piperazine rings is 1. The van der Waals surface area contributed by atoms with Crippen molar-refractivity contribution in [1.82, 2.24) is 14.8 Å². The highest BCUT2D eigenvalue weighted by molar-refractivity contribution is 7.13. The summed E-state index contributed by atoms with van der Waals surface area (Å²) in [5.41, 5.74) is 1.78. The van der Waals surface area contributed by atoms with Gasteiger partial charge in [-0.15, -0.1) is 11.3 Å². The van der Waals surface area contributed by atoms with Crippen LogP contribution in [0.25, 0.3) is 16.6 Å². The number of rotatable bonds is 4. The van der Waals surface area contributed by atoms with Crippen LogP contribution in [-0.2, 0) is 9.59 Å². The van der Waals surface area contributed by atoms with Gasteiger partial charge in [0, 0.05) is 50.1 Å². The van der Waals surface area contributed by atoms with Crippen LogP contribution in [0.1, 0.15) is 12.6 Å². The van der Waals surface area contributed by atoms with E-state index in [-0.39, 0.29) is 11.8 Å². The van der Waals surface area contributed by atoms with Gasteiger partial charge in [0.1, 0.15) is 10.8 Å². The molecule has 26 heavy (non-hydrogen) atoms. The van der Waals surface area contributed by atoms with E-state index in [0.29, 0.717) is 26.2 Å². The summed E-state index contributed by atoms with van der Waals surface area (Å²) in [6.45, 7) is 3.87. The minimum Gasteiger partial charge on any atom is -0.497 e. The lowest BCUT2D eigenvalue weighted by molar-refractivity contribution is -0.135. The molecule has 0 N–H and O–H groups in total. The molecule has 6 nitrogen and oxygen atoms in total. The Morgan fingerprint density at radius 3 is 2.38 bits per heavy atom. The second-order valence-corrected chi connectivity index (χ2v) is 6.83. The van der Waals surface area contributed by atoms with E-state index in [2.05, 4.69) is 4.98 Å². The fraction of sp³-hybridized carbons (Fsp3) is 0.316.